The summed E-state index contributed by atoms with van der Waals surface area (Å²) >= 11 is 0. The third kappa shape index (κ3) is 18.2. The van der Waals surface area contributed by atoms with Crippen LogP contribution in [0.1, 0.15) is 146 Å². The van der Waals surface area contributed by atoms with E-state index in [0.29, 0.717) is 30.6 Å². The largest absolute Gasteiger partial charge is 0.497 e. The molecule has 4 heterocycles. The van der Waals surface area contributed by atoms with Crippen molar-refractivity contribution in [2.75, 3.05) is 34.3 Å². The molecule has 4 aliphatic heterocycles. The topological polar surface area (TPSA) is 323 Å². The second-order valence-corrected chi connectivity index (χ2v) is 25.0. The molecule has 4 aliphatic rings. The number of benzene rings is 1. The van der Waals surface area contributed by atoms with Crippen LogP contribution >= 0.6 is 0 Å². The predicted molar refractivity (Wildman–Crippen MR) is 315 cm³/mol. The number of likely N-dealkylation sites (tertiary alicyclic amines) is 1. The number of methoxy groups -OCH3 is 1. The Bertz CT molecular complexity index is 2670. The third-order valence-corrected chi connectivity index (χ3v) is 17.0. The molecule has 0 spiro atoms. The van der Waals surface area contributed by atoms with Gasteiger partial charge in [-0.2, -0.15) is 0 Å². The molecule has 6 unspecified atom stereocenters. The highest BCUT2D eigenvalue weighted by Crippen LogP contribution is 2.28. The highest BCUT2D eigenvalue weighted by atomic mass is 16.6. The van der Waals surface area contributed by atoms with Gasteiger partial charge in [-0.25, -0.2) is 9.59 Å². The van der Waals surface area contributed by atoms with Crippen LogP contribution in [0.5, 0.6) is 5.75 Å². The summed E-state index contributed by atoms with van der Waals surface area (Å²) in [6.07, 6.45) is -5.03. The number of nitrogens with one attached hydrogen (secondary N) is 4. The van der Waals surface area contributed by atoms with Crippen molar-refractivity contribution >= 4 is 70.9 Å². The van der Waals surface area contributed by atoms with Crippen molar-refractivity contribution in [1.82, 2.24) is 40.9 Å². The van der Waals surface area contributed by atoms with Gasteiger partial charge in [0.2, 0.25) is 41.4 Å². The van der Waals surface area contributed by atoms with Gasteiger partial charge in [-0.1, -0.05) is 73.9 Å². The average molecular weight is 1220 g/mol. The van der Waals surface area contributed by atoms with Crippen molar-refractivity contribution < 1.29 is 81.6 Å². The Hall–Kier alpha value is -7.18. The van der Waals surface area contributed by atoms with E-state index < -0.39 is 162 Å². The van der Waals surface area contributed by atoms with Gasteiger partial charge < -0.3 is 64.9 Å². The molecule has 4 fully saturated rings. The highest BCUT2D eigenvalue weighted by molar-refractivity contribution is 6.05. The van der Waals surface area contributed by atoms with Gasteiger partial charge in [-0.05, 0) is 107 Å². The van der Waals surface area contributed by atoms with Crippen molar-refractivity contribution in [3.8, 4) is 5.75 Å². The molecule has 1 aromatic carbocycles. The number of cyclic esters (lactones) is 2. The molecular weight excluding hydrogens is 1130 g/mol. The van der Waals surface area contributed by atoms with Gasteiger partial charge >= 0.3 is 17.9 Å². The molecule has 25 nitrogen and oxygen atoms in total. The molecular formula is C62H94N8O17. The molecule has 25 heteroatoms. The number of carbonyl (C=O) groups is 12. The zero-order valence-corrected chi connectivity index (χ0v) is 53.1. The van der Waals surface area contributed by atoms with Crippen LogP contribution in [-0.2, 0) is 78.2 Å². The van der Waals surface area contributed by atoms with Crippen molar-refractivity contribution in [2.45, 2.75) is 220 Å². The number of hydrogen-bond acceptors (Lipinski definition) is 17. The fraction of sp³-hybridized carbons (Fsp3) is 0.710. The Kier molecular flexibility index (Phi) is 25.7. The molecule has 1 aromatic rings. The summed E-state index contributed by atoms with van der Waals surface area (Å²) in [5.74, 6) is -11.8. The summed E-state index contributed by atoms with van der Waals surface area (Å²) in [7, 11) is 4.25. The Morgan fingerprint density at radius 3 is 2.07 bits per heavy atom. The van der Waals surface area contributed by atoms with Crippen molar-refractivity contribution in [3.05, 3.63) is 29.8 Å². The van der Waals surface area contributed by atoms with Crippen LogP contribution in [0.25, 0.3) is 0 Å². The van der Waals surface area contributed by atoms with Gasteiger partial charge in [-0.3, -0.25) is 47.9 Å². The van der Waals surface area contributed by atoms with Gasteiger partial charge in [0, 0.05) is 40.0 Å². The minimum Gasteiger partial charge on any atom is -0.497 e. The summed E-state index contributed by atoms with van der Waals surface area (Å²) in [5.41, 5.74) is 0.553. The number of nitrogens with zero attached hydrogens (tertiary/aromatic N) is 4. The molecule has 4 saturated heterocycles. The Morgan fingerprint density at radius 2 is 1.48 bits per heavy atom. The van der Waals surface area contributed by atoms with E-state index in [1.165, 1.54) is 61.6 Å². The van der Waals surface area contributed by atoms with E-state index in [4.69, 9.17) is 18.9 Å². The molecule has 8 amide bonds. The smallest absolute Gasteiger partial charge is 0.329 e. The molecule has 0 aromatic heterocycles. The predicted octanol–water partition coefficient (Wildman–Crippen LogP) is 2.15. The minimum absolute atomic E-state index is 0.0211. The number of aliphatic hydroxyl groups excluding tert-OH is 1. The number of likely N-dealkylation sites (N-methyl/N-ethyl adjacent to an activating group) is 2. The Balaban J connectivity index is 1.58. The van der Waals surface area contributed by atoms with Crippen LogP contribution in [0.2, 0.25) is 0 Å². The molecule has 14 atom stereocenters. The van der Waals surface area contributed by atoms with E-state index in [0.717, 1.165) is 0 Å². The number of hydrogen-bond donors (Lipinski definition) is 5. The van der Waals surface area contributed by atoms with Crippen LogP contribution in [0, 0.1) is 29.6 Å². The maximum atomic E-state index is 15.1. The lowest BCUT2D eigenvalue weighted by atomic mass is 9.91. The van der Waals surface area contributed by atoms with Gasteiger partial charge in [0.25, 0.3) is 5.91 Å². The van der Waals surface area contributed by atoms with Crippen LogP contribution < -0.4 is 26.0 Å². The van der Waals surface area contributed by atoms with E-state index in [9.17, 15) is 48.3 Å². The number of carbonyl (C=O) groups excluding carboxylic acids is 12. The lowest BCUT2D eigenvalue weighted by Gasteiger charge is -2.36. The summed E-state index contributed by atoms with van der Waals surface area (Å²) in [6, 6.07) is -3.47. The monoisotopic (exact) mass is 1220 g/mol. The van der Waals surface area contributed by atoms with E-state index in [1.807, 2.05) is 13.8 Å². The number of rotatable bonds is 17. The van der Waals surface area contributed by atoms with Crippen molar-refractivity contribution in [2.24, 2.45) is 29.6 Å². The van der Waals surface area contributed by atoms with Crippen molar-refractivity contribution in [3.63, 3.8) is 0 Å². The highest BCUT2D eigenvalue weighted by Gasteiger charge is 2.47. The quantitative estimate of drug-likeness (QED) is 0.0848. The Morgan fingerprint density at radius 1 is 0.828 bits per heavy atom. The minimum atomic E-state index is -1.81. The number of ketones is 1. The lowest BCUT2D eigenvalue weighted by molar-refractivity contribution is -0.163. The fourth-order valence-corrected chi connectivity index (χ4v) is 11.6. The standard InChI is InChI=1S/C62H94N8O17/c1-15-35(8)50-47(71)31-49(73)87-53(34(6)7)52(74)36(9)54(75)64-42(28-32(2)3)58(79)70-27-17-19-44(70)60(81)68(13)46(30-39-20-22-40(84-14)23-21-39)62(83)85-37(10)51(56(77)65-50)66-55(76)45(29-33(4)5)67(12)59(80)43-18-16-26-69(43)57(78)38(11)86-61(82)41-24-25-48(72)63-41/h20-23,32-38,41-47,50-51,53,71H,15-19,24-31H2,1-14H3,(H,63,72)(H,64,75)(H,65,77)(H,66,76)/t35?,36?,37-,38-,41?,42+,43+,44+,45+,46+,47?,50?,51-,53?/m1/s1. The first kappa shape index (κ1) is 70.6. The zero-order valence-electron chi connectivity index (χ0n) is 53.1. The molecule has 5 N–H and O–H groups in total. The van der Waals surface area contributed by atoms with Gasteiger partial charge in [0.05, 0.1) is 31.6 Å². The number of ether oxygens (including phenoxy) is 4. The van der Waals surface area contributed by atoms with Crippen LogP contribution in [0.3, 0.4) is 0 Å². The van der Waals surface area contributed by atoms with Crippen molar-refractivity contribution in [1.29, 1.82) is 0 Å². The number of aliphatic hydroxyl groups is 1. The van der Waals surface area contributed by atoms with Gasteiger partial charge in [0.15, 0.2) is 18.0 Å². The van der Waals surface area contributed by atoms with E-state index in [1.54, 1.807) is 65.8 Å². The maximum absolute atomic E-state index is 15.1. The van der Waals surface area contributed by atoms with Gasteiger partial charge in [0.1, 0.15) is 54.1 Å². The van der Waals surface area contributed by atoms with E-state index >= 15 is 14.4 Å². The summed E-state index contributed by atoms with van der Waals surface area (Å²) < 4.78 is 22.7. The molecule has 0 radical (unpaired) electrons. The zero-order chi connectivity index (χ0) is 64.9. The first-order valence-electron chi connectivity index (χ1n) is 30.7. The number of Topliss-reactive ketones (excluding diaryl/α,β-unsaturated/α-hetero) is 1. The molecule has 484 valence electrons. The van der Waals surface area contributed by atoms with Crippen LogP contribution in [-0.4, -0.2) is 203 Å². The molecule has 0 saturated carbocycles. The van der Waals surface area contributed by atoms with E-state index in [2.05, 4.69) is 21.3 Å². The third-order valence-electron chi connectivity index (χ3n) is 17.0. The summed E-state index contributed by atoms with van der Waals surface area (Å²) in [4.78, 5) is 175. The first-order chi connectivity index (χ1) is 40.9. The molecule has 0 bridgehead atoms. The second-order valence-electron chi connectivity index (χ2n) is 25.0. The average Bonchev–Trinajstić information content (AvgIpc) is 2.11. The number of esters is 3. The summed E-state index contributed by atoms with van der Waals surface area (Å²) in [5, 5.41) is 22.7. The molecule has 87 heavy (non-hydrogen) atoms. The Labute approximate surface area is 510 Å². The van der Waals surface area contributed by atoms with E-state index in [-0.39, 0.29) is 75.8 Å². The SMILES string of the molecule is CCC(C)C1NC(=O)[C@H](NC(=O)[C@H](CC(C)C)N(C)C(=O)[C@@H]2CCCN2C(=O)[C@@H](C)OC(=O)C2CCC(=O)N2)[C@@H](C)OC(=O)[C@H](Cc2ccc(OC)cc2)N(C)C(=O)[C@@H]2CCCN2C(=O)[C@H](CC(C)C)NC(=O)C(C)C(=O)C(C(C)C)OC(=O)CC1O. The van der Waals surface area contributed by atoms with Crippen LogP contribution in [0.15, 0.2) is 24.3 Å². The van der Waals surface area contributed by atoms with Crippen LogP contribution in [0.4, 0.5) is 0 Å². The van der Waals surface area contributed by atoms with Gasteiger partial charge in [-0.15, -0.1) is 0 Å². The molecule has 0 aliphatic carbocycles. The maximum Gasteiger partial charge on any atom is 0.329 e. The second kappa shape index (κ2) is 31.6. The lowest BCUT2D eigenvalue weighted by Crippen LogP contribution is -2.62. The summed E-state index contributed by atoms with van der Waals surface area (Å²) in [6.45, 7) is 18.3. The first-order valence-corrected chi connectivity index (χ1v) is 30.7. The normalized spacial score (nSPS) is 27.8. The number of amides is 8. The number of fused-ring (bicyclic) bond motifs is 1. The fourth-order valence-electron chi connectivity index (χ4n) is 11.6. The molecule has 5 rings (SSSR count).